The highest BCUT2D eigenvalue weighted by Crippen LogP contribution is 2.43. The van der Waals surface area contributed by atoms with E-state index in [1.165, 1.54) is 5.56 Å². The molecular weight excluding hydrogens is 488 g/mol. The first kappa shape index (κ1) is 26.3. The summed E-state index contributed by atoms with van der Waals surface area (Å²) < 4.78 is 5.27. The second-order valence-corrected chi connectivity index (χ2v) is 12.1. The Morgan fingerprint density at radius 3 is 2.44 bits per heavy atom. The van der Waals surface area contributed by atoms with Crippen molar-refractivity contribution in [1.29, 1.82) is 0 Å². The number of nitrogens with zero attached hydrogens (tertiary/aromatic N) is 3. The first-order chi connectivity index (χ1) is 19.0. The summed E-state index contributed by atoms with van der Waals surface area (Å²) in [5, 5.41) is 3.35. The van der Waals surface area contributed by atoms with Crippen molar-refractivity contribution in [3.63, 3.8) is 0 Å². The zero-order valence-electron chi connectivity index (χ0n) is 23.2. The quantitative estimate of drug-likeness (QED) is 0.595. The number of likely N-dealkylation sites (tertiary alicyclic amines) is 3. The van der Waals surface area contributed by atoms with Gasteiger partial charge in [-0.1, -0.05) is 42.5 Å². The molecule has 208 valence electrons. The average Bonchev–Trinajstić information content (AvgIpc) is 3.73. The summed E-state index contributed by atoms with van der Waals surface area (Å²) >= 11 is 0. The molecule has 0 bridgehead atoms. The van der Waals surface area contributed by atoms with Crippen LogP contribution in [-0.2, 0) is 16.1 Å². The summed E-state index contributed by atoms with van der Waals surface area (Å²) in [7, 11) is 1.67. The fraction of sp³-hybridized carbons (Fsp3) is 0.562. The Morgan fingerprint density at radius 1 is 1.00 bits per heavy atom. The molecule has 4 aliphatic heterocycles. The molecule has 4 fully saturated rings. The summed E-state index contributed by atoms with van der Waals surface area (Å²) in [5.74, 6) is 2.43. The molecule has 7 nitrogen and oxygen atoms in total. The number of piperidine rings is 1. The highest BCUT2D eigenvalue weighted by atomic mass is 16.5. The van der Waals surface area contributed by atoms with Gasteiger partial charge in [0.1, 0.15) is 5.75 Å². The molecule has 1 unspecified atom stereocenters. The van der Waals surface area contributed by atoms with Gasteiger partial charge in [0.2, 0.25) is 11.8 Å². The monoisotopic (exact) mass is 530 g/mol. The highest BCUT2D eigenvalue weighted by molar-refractivity contribution is 5.85. The number of hydrogen-bond donors (Lipinski definition) is 1. The van der Waals surface area contributed by atoms with Crippen LogP contribution in [0.1, 0.15) is 42.7 Å². The van der Waals surface area contributed by atoms with E-state index in [4.69, 9.17) is 4.74 Å². The zero-order valence-corrected chi connectivity index (χ0v) is 23.2. The molecule has 7 heteroatoms. The molecule has 0 saturated carbocycles. The van der Waals surface area contributed by atoms with E-state index in [9.17, 15) is 9.59 Å². The summed E-state index contributed by atoms with van der Waals surface area (Å²) in [6.07, 6.45) is 3.78. The number of ether oxygens (including phenoxy) is 1. The van der Waals surface area contributed by atoms with Crippen molar-refractivity contribution in [2.24, 2.45) is 17.3 Å². The molecule has 0 radical (unpaired) electrons. The molecule has 3 atom stereocenters. The van der Waals surface area contributed by atoms with Crippen LogP contribution in [0.5, 0.6) is 5.75 Å². The van der Waals surface area contributed by atoms with Crippen molar-refractivity contribution >= 4 is 11.8 Å². The van der Waals surface area contributed by atoms with E-state index in [0.717, 1.165) is 89.4 Å². The van der Waals surface area contributed by atoms with E-state index in [2.05, 4.69) is 62.5 Å². The van der Waals surface area contributed by atoms with Crippen molar-refractivity contribution in [1.82, 2.24) is 20.0 Å². The van der Waals surface area contributed by atoms with Crippen molar-refractivity contribution in [3.8, 4) is 5.75 Å². The maximum absolute atomic E-state index is 13.6. The Morgan fingerprint density at radius 2 is 1.74 bits per heavy atom. The van der Waals surface area contributed by atoms with E-state index in [1.807, 2.05) is 12.1 Å². The fourth-order valence-electron chi connectivity index (χ4n) is 7.39. The van der Waals surface area contributed by atoms with Crippen molar-refractivity contribution in [3.05, 3.63) is 65.7 Å². The second-order valence-electron chi connectivity index (χ2n) is 12.1. The van der Waals surface area contributed by atoms with Crippen LogP contribution in [0.4, 0.5) is 0 Å². The third kappa shape index (κ3) is 5.44. The first-order valence-corrected chi connectivity index (χ1v) is 14.7. The SMILES string of the molecule is COc1ccc(CN2CCC3(CCN(C[C@H]4CN(C(=O)C5CCNC5)C[C@@H]4c4ccccc4)CC3)C2=O)cc1. The first-order valence-electron chi connectivity index (χ1n) is 14.7. The van der Waals surface area contributed by atoms with Crippen LogP contribution in [0.15, 0.2) is 54.6 Å². The van der Waals surface area contributed by atoms with Gasteiger partial charge < -0.3 is 24.8 Å². The van der Waals surface area contributed by atoms with Gasteiger partial charge in [-0.25, -0.2) is 0 Å². The van der Waals surface area contributed by atoms with Crippen molar-refractivity contribution in [2.75, 3.05) is 59.5 Å². The third-order valence-electron chi connectivity index (χ3n) is 9.83. The lowest BCUT2D eigenvalue weighted by atomic mass is 9.76. The summed E-state index contributed by atoms with van der Waals surface area (Å²) in [5.41, 5.74) is 2.30. The number of hydrogen-bond acceptors (Lipinski definition) is 5. The molecule has 0 aliphatic carbocycles. The number of amides is 2. The number of rotatable bonds is 7. The lowest BCUT2D eigenvalue weighted by molar-refractivity contribution is -0.139. The Labute approximate surface area is 232 Å². The molecule has 4 saturated heterocycles. The fourth-order valence-corrected chi connectivity index (χ4v) is 7.39. The van der Waals surface area contributed by atoms with Gasteiger partial charge in [0, 0.05) is 45.2 Å². The van der Waals surface area contributed by atoms with Gasteiger partial charge in [0.15, 0.2) is 0 Å². The predicted molar refractivity (Wildman–Crippen MR) is 151 cm³/mol. The predicted octanol–water partition coefficient (Wildman–Crippen LogP) is 3.36. The van der Waals surface area contributed by atoms with Crippen molar-refractivity contribution < 1.29 is 14.3 Å². The molecule has 2 aromatic carbocycles. The van der Waals surface area contributed by atoms with E-state index in [-0.39, 0.29) is 11.3 Å². The Kier molecular flexibility index (Phi) is 7.63. The maximum atomic E-state index is 13.6. The standard InChI is InChI=1S/C32H42N4O3/c1-39-28-9-7-24(8-10-28)20-35-18-14-32(31(35)38)12-16-34(17-13-32)21-27-22-36(30(37)26-11-15-33-19-26)23-29(27)25-5-3-2-4-6-25/h2-10,26-27,29,33H,11-23H2,1H3/t26?,27-,29+/m0/s1. The Bertz CT molecular complexity index is 1140. The topological polar surface area (TPSA) is 65.1 Å². The maximum Gasteiger partial charge on any atom is 0.229 e. The number of carbonyl (C=O) groups excluding carboxylic acids is 2. The number of nitrogens with one attached hydrogen (secondary N) is 1. The normalized spacial score (nSPS) is 27.0. The molecule has 2 aromatic rings. The highest BCUT2D eigenvalue weighted by Gasteiger charge is 2.48. The molecule has 0 aromatic heterocycles. The van der Waals surface area contributed by atoms with Gasteiger partial charge in [0.05, 0.1) is 18.4 Å². The van der Waals surface area contributed by atoms with Crippen LogP contribution in [0.3, 0.4) is 0 Å². The van der Waals surface area contributed by atoms with E-state index in [1.54, 1.807) is 7.11 Å². The minimum absolute atomic E-state index is 0.129. The molecule has 4 heterocycles. The van der Waals surface area contributed by atoms with Gasteiger partial charge in [0.25, 0.3) is 0 Å². The Balaban J connectivity index is 1.07. The zero-order chi connectivity index (χ0) is 26.8. The molecule has 2 amide bonds. The number of methoxy groups -OCH3 is 1. The van der Waals surface area contributed by atoms with E-state index in [0.29, 0.717) is 30.2 Å². The van der Waals surface area contributed by atoms with Crippen molar-refractivity contribution in [2.45, 2.75) is 38.1 Å². The van der Waals surface area contributed by atoms with E-state index >= 15 is 0 Å². The Hall–Kier alpha value is -2.90. The molecule has 4 aliphatic rings. The van der Waals surface area contributed by atoms with Crippen LogP contribution in [0.2, 0.25) is 0 Å². The molecule has 6 rings (SSSR count). The molecule has 1 spiro atoms. The smallest absolute Gasteiger partial charge is 0.229 e. The van der Waals surface area contributed by atoms with Crippen LogP contribution >= 0.6 is 0 Å². The van der Waals surface area contributed by atoms with Gasteiger partial charge in [-0.05, 0) is 74.5 Å². The third-order valence-corrected chi connectivity index (χ3v) is 9.83. The van der Waals surface area contributed by atoms with Crippen LogP contribution in [-0.4, -0.2) is 86.0 Å². The van der Waals surface area contributed by atoms with Gasteiger partial charge >= 0.3 is 0 Å². The lowest BCUT2D eigenvalue weighted by Gasteiger charge is -2.39. The minimum atomic E-state index is -0.199. The average molecular weight is 531 g/mol. The van der Waals surface area contributed by atoms with Gasteiger partial charge in [-0.2, -0.15) is 0 Å². The lowest BCUT2D eigenvalue weighted by Crippen LogP contribution is -2.46. The molecular formula is C32H42N4O3. The summed E-state index contributed by atoms with van der Waals surface area (Å²) in [6.45, 7) is 7.85. The minimum Gasteiger partial charge on any atom is -0.497 e. The summed E-state index contributed by atoms with van der Waals surface area (Å²) in [4.78, 5) is 33.6. The molecule has 1 N–H and O–H groups in total. The molecule has 39 heavy (non-hydrogen) atoms. The summed E-state index contributed by atoms with van der Waals surface area (Å²) in [6, 6.07) is 18.8. The second kappa shape index (κ2) is 11.3. The van der Waals surface area contributed by atoms with E-state index < -0.39 is 0 Å². The number of benzene rings is 2. The van der Waals surface area contributed by atoms with Gasteiger partial charge in [-0.3, -0.25) is 9.59 Å². The largest absolute Gasteiger partial charge is 0.497 e. The van der Waals surface area contributed by atoms with Gasteiger partial charge in [-0.15, -0.1) is 0 Å². The van der Waals surface area contributed by atoms with Crippen LogP contribution in [0, 0.1) is 17.3 Å². The van der Waals surface area contributed by atoms with Crippen LogP contribution in [0.25, 0.3) is 0 Å². The number of carbonyl (C=O) groups is 2. The van der Waals surface area contributed by atoms with Crippen LogP contribution < -0.4 is 10.1 Å².